The molecule has 21 heavy (non-hydrogen) atoms. The van der Waals surface area contributed by atoms with Crippen molar-refractivity contribution < 1.29 is 8.81 Å². The van der Waals surface area contributed by atoms with Crippen LogP contribution in [0, 0.1) is 5.82 Å². The third-order valence-corrected chi connectivity index (χ3v) is 3.26. The zero-order valence-electron chi connectivity index (χ0n) is 11.0. The fourth-order valence-corrected chi connectivity index (χ4v) is 2.28. The van der Waals surface area contributed by atoms with Gasteiger partial charge < -0.3 is 9.73 Å². The van der Waals surface area contributed by atoms with Crippen LogP contribution in [-0.2, 0) is 0 Å². The van der Waals surface area contributed by atoms with Gasteiger partial charge in [0.1, 0.15) is 5.69 Å². The van der Waals surface area contributed by atoms with Crippen molar-refractivity contribution in [3.05, 3.63) is 36.3 Å². The molecule has 0 radical (unpaired) electrons. The van der Waals surface area contributed by atoms with E-state index in [1.165, 1.54) is 6.07 Å². The number of para-hydroxylation sites is 1. The molecule has 0 saturated carbocycles. The Labute approximate surface area is 118 Å². The molecule has 0 bridgehead atoms. The summed E-state index contributed by atoms with van der Waals surface area (Å²) in [4.78, 5) is 8.64. The van der Waals surface area contributed by atoms with Crippen molar-refractivity contribution in [1.82, 2.24) is 20.2 Å². The van der Waals surface area contributed by atoms with Crippen LogP contribution in [0.4, 0.5) is 10.3 Å². The van der Waals surface area contributed by atoms with E-state index in [1.54, 1.807) is 31.4 Å². The number of aromatic amines is 1. The zero-order valence-corrected chi connectivity index (χ0v) is 11.0. The number of H-pyrrole nitrogens is 1. The van der Waals surface area contributed by atoms with Gasteiger partial charge in [-0.1, -0.05) is 12.1 Å². The van der Waals surface area contributed by atoms with Crippen molar-refractivity contribution in [3.63, 3.8) is 0 Å². The second-order valence-electron chi connectivity index (χ2n) is 4.55. The van der Waals surface area contributed by atoms with Gasteiger partial charge in [-0.2, -0.15) is 10.1 Å². The molecule has 2 N–H and O–H groups in total. The highest BCUT2D eigenvalue weighted by atomic mass is 19.1. The van der Waals surface area contributed by atoms with Crippen LogP contribution < -0.4 is 5.32 Å². The van der Waals surface area contributed by atoms with Gasteiger partial charge in [0.25, 0.3) is 0 Å². The first-order valence-electron chi connectivity index (χ1n) is 6.33. The summed E-state index contributed by atoms with van der Waals surface area (Å²) in [5.74, 6) is 0.508. The van der Waals surface area contributed by atoms with Crippen molar-refractivity contribution in [2.24, 2.45) is 0 Å². The average Bonchev–Trinajstić information content (AvgIpc) is 3.13. The van der Waals surface area contributed by atoms with Crippen molar-refractivity contribution in [2.75, 3.05) is 12.4 Å². The lowest BCUT2D eigenvalue weighted by Crippen LogP contribution is -1.98. The van der Waals surface area contributed by atoms with Crippen molar-refractivity contribution >= 4 is 28.0 Å². The monoisotopic (exact) mass is 283 g/mol. The molecule has 4 rings (SSSR count). The number of rotatable bonds is 2. The molecule has 0 saturated heterocycles. The average molecular weight is 283 g/mol. The number of benzene rings is 1. The number of hydrogen-bond acceptors (Lipinski definition) is 5. The number of aromatic nitrogens is 4. The maximum atomic E-state index is 13.8. The minimum atomic E-state index is -0.398. The Bertz CT molecular complexity index is 958. The van der Waals surface area contributed by atoms with Crippen molar-refractivity contribution in [3.8, 4) is 11.5 Å². The zero-order chi connectivity index (χ0) is 14.4. The minimum absolute atomic E-state index is 0.216. The Morgan fingerprint density at radius 2 is 2.19 bits per heavy atom. The molecular formula is C14H10FN5O. The summed E-state index contributed by atoms with van der Waals surface area (Å²) < 4.78 is 19.4. The van der Waals surface area contributed by atoms with Crippen LogP contribution in [0.1, 0.15) is 0 Å². The Hall–Kier alpha value is -2.96. The molecule has 0 fully saturated rings. The topological polar surface area (TPSA) is 79.6 Å². The molecule has 6 nitrogen and oxygen atoms in total. The van der Waals surface area contributed by atoms with Crippen LogP contribution in [0.5, 0.6) is 0 Å². The lowest BCUT2D eigenvalue weighted by atomic mass is 10.2. The molecule has 4 aromatic rings. The Kier molecular flexibility index (Phi) is 2.41. The minimum Gasteiger partial charge on any atom is -0.451 e. The fraction of sp³-hybridized carbons (Fsp3) is 0.0714. The molecule has 0 spiro atoms. The predicted molar refractivity (Wildman–Crippen MR) is 76.4 cm³/mol. The van der Waals surface area contributed by atoms with Gasteiger partial charge in [-0.25, -0.2) is 9.37 Å². The standard InChI is InChI=1S/C14H10FN5O/c1-16-14-18-11(8-6-17-20-13(8)19-14)10-5-7-3-2-4-9(15)12(7)21-10/h2-6H,1H3,(H2,16,17,18,19,20). The summed E-state index contributed by atoms with van der Waals surface area (Å²) in [7, 11) is 1.72. The van der Waals surface area contributed by atoms with Gasteiger partial charge in [0.15, 0.2) is 22.8 Å². The summed E-state index contributed by atoms with van der Waals surface area (Å²) in [6, 6.07) is 6.55. The molecular weight excluding hydrogens is 273 g/mol. The SMILES string of the molecule is CNc1nc(-c2cc3cccc(F)c3o2)c2cn[nH]c2n1. The molecule has 3 heterocycles. The maximum absolute atomic E-state index is 13.8. The smallest absolute Gasteiger partial charge is 0.225 e. The lowest BCUT2D eigenvalue weighted by Gasteiger charge is -2.02. The molecule has 104 valence electrons. The number of nitrogens with zero attached hydrogens (tertiary/aromatic N) is 3. The highest BCUT2D eigenvalue weighted by Gasteiger charge is 2.16. The van der Waals surface area contributed by atoms with Gasteiger partial charge >= 0.3 is 0 Å². The number of hydrogen-bond donors (Lipinski definition) is 2. The van der Waals surface area contributed by atoms with Crippen LogP contribution in [0.2, 0.25) is 0 Å². The first-order chi connectivity index (χ1) is 10.3. The Morgan fingerprint density at radius 3 is 3.00 bits per heavy atom. The van der Waals surface area contributed by atoms with Gasteiger partial charge in [-0.15, -0.1) is 0 Å². The van der Waals surface area contributed by atoms with Gasteiger partial charge in [-0.3, -0.25) is 5.10 Å². The van der Waals surface area contributed by atoms with E-state index >= 15 is 0 Å². The van der Waals surface area contributed by atoms with Gasteiger partial charge in [-0.05, 0) is 12.1 Å². The molecule has 0 aliphatic carbocycles. The normalized spacial score (nSPS) is 11.3. The third-order valence-electron chi connectivity index (χ3n) is 3.26. The predicted octanol–water partition coefficient (Wildman–Crippen LogP) is 2.95. The summed E-state index contributed by atoms with van der Waals surface area (Å²) in [6.07, 6.45) is 1.62. The van der Waals surface area contributed by atoms with Crippen molar-refractivity contribution in [2.45, 2.75) is 0 Å². The van der Waals surface area contributed by atoms with E-state index in [0.29, 0.717) is 33.8 Å². The number of fused-ring (bicyclic) bond motifs is 2. The van der Waals surface area contributed by atoms with Crippen LogP contribution in [0.3, 0.4) is 0 Å². The molecule has 7 heteroatoms. The molecule has 0 amide bonds. The van der Waals surface area contributed by atoms with Crippen LogP contribution >= 0.6 is 0 Å². The van der Waals surface area contributed by atoms with Gasteiger partial charge in [0.05, 0.1) is 11.6 Å². The fourth-order valence-electron chi connectivity index (χ4n) is 2.28. The van der Waals surface area contributed by atoms with Crippen LogP contribution in [-0.4, -0.2) is 27.2 Å². The molecule has 1 aromatic carbocycles. The second kappa shape index (κ2) is 4.27. The van der Waals surface area contributed by atoms with E-state index in [9.17, 15) is 4.39 Å². The van der Waals surface area contributed by atoms with E-state index in [0.717, 1.165) is 0 Å². The number of anilines is 1. The first-order valence-corrected chi connectivity index (χ1v) is 6.33. The number of halogens is 1. The van der Waals surface area contributed by atoms with E-state index in [2.05, 4.69) is 25.5 Å². The highest BCUT2D eigenvalue weighted by Crippen LogP contribution is 2.32. The third kappa shape index (κ3) is 1.74. The largest absolute Gasteiger partial charge is 0.451 e. The lowest BCUT2D eigenvalue weighted by molar-refractivity contribution is 0.568. The van der Waals surface area contributed by atoms with Crippen LogP contribution in [0.25, 0.3) is 33.5 Å². The van der Waals surface area contributed by atoms with Gasteiger partial charge in [0, 0.05) is 12.4 Å². The van der Waals surface area contributed by atoms with Crippen molar-refractivity contribution in [1.29, 1.82) is 0 Å². The summed E-state index contributed by atoms with van der Waals surface area (Å²) in [5.41, 5.74) is 1.37. The number of nitrogens with one attached hydrogen (secondary N) is 2. The second-order valence-corrected chi connectivity index (χ2v) is 4.55. The number of furan rings is 1. The molecule has 0 aliphatic rings. The maximum Gasteiger partial charge on any atom is 0.225 e. The summed E-state index contributed by atoms with van der Waals surface area (Å²) >= 11 is 0. The van der Waals surface area contributed by atoms with Gasteiger partial charge in [0.2, 0.25) is 5.95 Å². The highest BCUT2D eigenvalue weighted by molar-refractivity contribution is 5.92. The molecule has 0 aliphatic heterocycles. The molecule has 0 unspecified atom stereocenters. The molecule has 3 aromatic heterocycles. The quantitative estimate of drug-likeness (QED) is 0.591. The Morgan fingerprint density at radius 1 is 1.29 bits per heavy atom. The summed E-state index contributed by atoms with van der Waals surface area (Å²) in [6.45, 7) is 0. The molecule has 0 atom stereocenters. The first kappa shape index (κ1) is 11.8. The van der Waals surface area contributed by atoms with E-state index in [4.69, 9.17) is 4.42 Å². The van der Waals surface area contributed by atoms with E-state index in [-0.39, 0.29) is 5.58 Å². The Balaban J connectivity index is 2.03. The van der Waals surface area contributed by atoms with E-state index < -0.39 is 5.82 Å². The summed E-state index contributed by atoms with van der Waals surface area (Å²) in [5, 5.41) is 11.0. The van der Waals surface area contributed by atoms with E-state index in [1.807, 2.05) is 0 Å². The van der Waals surface area contributed by atoms with Crippen LogP contribution in [0.15, 0.2) is 34.9 Å².